The van der Waals surface area contributed by atoms with E-state index in [2.05, 4.69) is 0 Å². The monoisotopic (exact) mass is 190 g/mol. The molecule has 0 aromatic carbocycles. The van der Waals surface area contributed by atoms with Gasteiger partial charge in [0.15, 0.2) is 0 Å². The van der Waals surface area contributed by atoms with E-state index in [0.717, 1.165) is 18.6 Å². The van der Waals surface area contributed by atoms with E-state index in [1.165, 1.54) is 0 Å². The molecule has 0 saturated heterocycles. The Bertz CT molecular complexity index is 134. The highest BCUT2D eigenvalue weighted by Gasteiger charge is 2.20. The number of hydrogen-bond acceptors (Lipinski definition) is 2. The fourth-order valence-corrected chi connectivity index (χ4v) is 1.64. The van der Waals surface area contributed by atoms with Crippen LogP contribution in [0.2, 0.25) is 0 Å². The first-order valence-electron chi connectivity index (χ1n) is 4.31. The van der Waals surface area contributed by atoms with Crippen molar-refractivity contribution in [3.05, 3.63) is 0 Å². The molecule has 0 aliphatic carbocycles. The Morgan fingerprint density at radius 1 is 1.50 bits per heavy atom. The van der Waals surface area contributed by atoms with Crippen molar-refractivity contribution < 1.29 is 9.90 Å². The van der Waals surface area contributed by atoms with Gasteiger partial charge in [0.1, 0.15) is 0 Å². The summed E-state index contributed by atoms with van der Waals surface area (Å²) < 4.78 is 0. The molecule has 0 fully saturated rings. The molecule has 0 spiro atoms. The van der Waals surface area contributed by atoms with Crippen LogP contribution in [0.3, 0.4) is 0 Å². The lowest BCUT2D eigenvalue weighted by Gasteiger charge is -2.15. The Kier molecular flexibility index (Phi) is 6.25. The normalized spacial score (nSPS) is 13.3. The molecule has 12 heavy (non-hydrogen) atoms. The van der Waals surface area contributed by atoms with Crippen LogP contribution in [0.1, 0.15) is 26.7 Å². The van der Waals surface area contributed by atoms with E-state index in [1.54, 1.807) is 11.8 Å². The van der Waals surface area contributed by atoms with E-state index in [0.29, 0.717) is 0 Å². The van der Waals surface area contributed by atoms with Gasteiger partial charge < -0.3 is 5.11 Å². The van der Waals surface area contributed by atoms with Gasteiger partial charge in [0, 0.05) is 0 Å². The first-order chi connectivity index (χ1) is 5.59. The predicted molar refractivity (Wildman–Crippen MR) is 53.6 cm³/mol. The minimum atomic E-state index is -0.647. The summed E-state index contributed by atoms with van der Waals surface area (Å²) >= 11 is 1.77. The second-order valence-corrected chi connectivity index (χ2v) is 4.31. The standard InChI is InChI=1S/C9H18O2S/c1-7(2)8(9(10)11)5-4-6-12-3/h7-8H,4-6H2,1-3H3,(H,10,11). The summed E-state index contributed by atoms with van der Waals surface area (Å²) in [6, 6.07) is 0. The summed E-state index contributed by atoms with van der Waals surface area (Å²) in [5.74, 6) is 0.517. The Labute approximate surface area is 78.7 Å². The topological polar surface area (TPSA) is 37.3 Å². The van der Waals surface area contributed by atoms with Crippen LogP contribution >= 0.6 is 11.8 Å². The van der Waals surface area contributed by atoms with Gasteiger partial charge in [0.05, 0.1) is 5.92 Å². The molecule has 1 unspecified atom stereocenters. The highest BCUT2D eigenvalue weighted by atomic mass is 32.2. The Morgan fingerprint density at radius 3 is 2.42 bits per heavy atom. The molecule has 3 heteroatoms. The second kappa shape index (κ2) is 6.35. The molecule has 0 aliphatic heterocycles. The van der Waals surface area contributed by atoms with Crippen LogP contribution in [0.5, 0.6) is 0 Å². The smallest absolute Gasteiger partial charge is 0.306 e. The van der Waals surface area contributed by atoms with Gasteiger partial charge in [-0.3, -0.25) is 4.79 Å². The average Bonchev–Trinajstić information content (AvgIpc) is 1.96. The molecule has 0 radical (unpaired) electrons. The summed E-state index contributed by atoms with van der Waals surface area (Å²) in [7, 11) is 0. The molecule has 1 atom stereocenters. The maximum atomic E-state index is 10.7. The van der Waals surface area contributed by atoms with Crippen LogP contribution in [-0.2, 0) is 4.79 Å². The van der Waals surface area contributed by atoms with Crippen LogP contribution in [-0.4, -0.2) is 23.1 Å². The number of rotatable bonds is 6. The number of hydrogen-bond donors (Lipinski definition) is 1. The molecule has 0 aromatic rings. The van der Waals surface area contributed by atoms with Crippen molar-refractivity contribution in [1.82, 2.24) is 0 Å². The highest BCUT2D eigenvalue weighted by molar-refractivity contribution is 7.98. The Balaban J connectivity index is 3.72. The molecule has 2 nitrogen and oxygen atoms in total. The fourth-order valence-electron chi connectivity index (χ4n) is 1.19. The second-order valence-electron chi connectivity index (χ2n) is 3.32. The van der Waals surface area contributed by atoms with Crippen molar-refractivity contribution in [3.8, 4) is 0 Å². The van der Waals surface area contributed by atoms with Gasteiger partial charge in [-0.15, -0.1) is 0 Å². The van der Waals surface area contributed by atoms with Crippen LogP contribution in [0, 0.1) is 11.8 Å². The summed E-state index contributed by atoms with van der Waals surface area (Å²) in [5.41, 5.74) is 0. The molecule has 72 valence electrons. The third kappa shape index (κ3) is 4.65. The van der Waals surface area contributed by atoms with E-state index in [4.69, 9.17) is 5.11 Å². The van der Waals surface area contributed by atoms with E-state index >= 15 is 0 Å². The molecule has 1 N–H and O–H groups in total. The summed E-state index contributed by atoms with van der Waals surface area (Å²) in [5, 5.41) is 8.84. The van der Waals surface area contributed by atoms with Gasteiger partial charge in [-0.1, -0.05) is 13.8 Å². The molecule has 0 rings (SSSR count). The molecular weight excluding hydrogens is 172 g/mol. The molecule has 0 bridgehead atoms. The van der Waals surface area contributed by atoms with Crippen LogP contribution in [0.15, 0.2) is 0 Å². The minimum Gasteiger partial charge on any atom is -0.481 e. The average molecular weight is 190 g/mol. The van der Waals surface area contributed by atoms with Gasteiger partial charge in [-0.05, 0) is 30.8 Å². The first kappa shape index (κ1) is 11.8. The first-order valence-corrected chi connectivity index (χ1v) is 5.70. The number of thioether (sulfide) groups is 1. The molecule has 0 heterocycles. The lowest BCUT2D eigenvalue weighted by molar-refractivity contribution is -0.143. The summed E-state index contributed by atoms with van der Waals surface area (Å²) in [4.78, 5) is 10.7. The lowest BCUT2D eigenvalue weighted by atomic mass is 9.92. The zero-order valence-corrected chi connectivity index (χ0v) is 8.86. The Hall–Kier alpha value is -0.180. The van der Waals surface area contributed by atoms with E-state index < -0.39 is 5.97 Å². The maximum Gasteiger partial charge on any atom is 0.306 e. The van der Waals surface area contributed by atoms with Crippen LogP contribution in [0.4, 0.5) is 0 Å². The third-order valence-electron chi connectivity index (χ3n) is 1.99. The van der Waals surface area contributed by atoms with Crippen LogP contribution < -0.4 is 0 Å². The molecule has 0 amide bonds. The Morgan fingerprint density at radius 2 is 2.08 bits per heavy atom. The number of aliphatic carboxylic acids is 1. The summed E-state index contributed by atoms with van der Waals surface area (Å²) in [6.45, 7) is 3.94. The maximum absolute atomic E-state index is 10.7. The number of carboxylic acids is 1. The van der Waals surface area contributed by atoms with E-state index in [9.17, 15) is 4.79 Å². The number of carboxylic acid groups (broad SMARTS) is 1. The third-order valence-corrected chi connectivity index (χ3v) is 2.68. The molecular formula is C9H18O2S. The van der Waals surface area contributed by atoms with Gasteiger partial charge >= 0.3 is 5.97 Å². The van der Waals surface area contributed by atoms with Crippen molar-refractivity contribution >= 4 is 17.7 Å². The molecule has 0 aliphatic rings. The highest BCUT2D eigenvalue weighted by Crippen LogP contribution is 2.18. The molecule has 0 saturated carbocycles. The fraction of sp³-hybridized carbons (Fsp3) is 0.889. The zero-order valence-electron chi connectivity index (χ0n) is 8.04. The van der Waals surface area contributed by atoms with Crippen molar-refractivity contribution in [3.63, 3.8) is 0 Å². The number of carbonyl (C=O) groups is 1. The SMILES string of the molecule is CSCCCC(C(=O)O)C(C)C. The van der Waals surface area contributed by atoms with E-state index in [1.807, 2.05) is 20.1 Å². The van der Waals surface area contributed by atoms with Crippen molar-refractivity contribution in [1.29, 1.82) is 0 Å². The van der Waals surface area contributed by atoms with Gasteiger partial charge in [-0.2, -0.15) is 11.8 Å². The minimum absolute atomic E-state index is 0.155. The van der Waals surface area contributed by atoms with Gasteiger partial charge in [-0.25, -0.2) is 0 Å². The molecule has 0 aromatic heterocycles. The van der Waals surface area contributed by atoms with Crippen molar-refractivity contribution in [2.75, 3.05) is 12.0 Å². The quantitative estimate of drug-likeness (QED) is 0.654. The van der Waals surface area contributed by atoms with Crippen molar-refractivity contribution in [2.45, 2.75) is 26.7 Å². The van der Waals surface area contributed by atoms with Crippen molar-refractivity contribution in [2.24, 2.45) is 11.8 Å². The van der Waals surface area contributed by atoms with Gasteiger partial charge in [0.25, 0.3) is 0 Å². The van der Waals surface area contributed by atoms with E-state index in [-0.39, 0.29) is 11.8 Å². The van der Waals surface area contributed by atoms with Gasteiger partial charge in [0.2, 0.25) is 0 Å². The lowest BCUT2D eigenvalue weighted by Crippen LogP contribution is -2.19. The zero-order chi connectivity index (χ0) is 9.56. The summed E-state index contributed by atoms with van der Waals surface area (Å²) in [6.07, 6.45) is 3.87. The van der Waals surface area contributed by atoms with Crippen LogP contribution in [0.25, 0.3) is 0 Å². The largest absolute Gasteiger partial charge is 0.481 e. The predicted octanol–water partition coefficient (Wildman–Crippen LogP) is 2.49.